The minimum Gasteiger partial charge on any atom is -0.339 e. The van der Waals surface area contributed by atoms with E-state index in [9.17, 15) is 9.59 Å². The maximum absolute atomic E-state index is 12.8. The Morgan fingerprint density at radius 1 is 1.00 bits per heavy atom. The van der Waals surface area contributed by atoms with Gasteiger partial charge in [-0.25, -0.2) is 0 Å². The van der Waals surface area contributed by atoms with E-state index in [0.29, 0.717) is 23.4 Å². The maximum Gasteiger partial charge on any atom is 0.255 e. The van der Waals surface area contributed by atoms with Crippen LogP contribution in [0.4, 0.5) is 5.69 Å². The summed E-state index contributed by atoms with van der Waals surface area (Å²) in [6.45, 7) is 5.80. The van der Waals surface area contributed by atoms with Gasteiger partial charge < -0.3 is 10.2 Å². The summed E-state index contributed by atoms with van der Waals surface area (Å²) < 4.78 is 0. The van der Waals surface area contributed by atoms with Gasteiger partial charge in [-0.15, -0.1) is 11.8 Å². The van der Waals surface area contributed by atoms with Gasteiger partial charge >= 0.3 is 0 Å². The van der Waals surface area contributed by atoms with Crippen molar-refractivity contribution in [2.75, 3.05) is 24.2 Å². The summed E-state index contributed by atoms with van der Waals surface area (Å²) in [7, 11) is 0. The number of hydrogen-bond acceptors (Lipinski definition) is 3. The molecule has 2 aromatic carbocycles. The van der Waals surface area contributed by atoms with Gasteiger partial charge in [0.15, 0.2) is 0 Å². The highest BCUT2D eigenvalue weighted by Gasteiger charge is 2.21. The summed E-state index contributed by atoms with van der Waals surface area (Å²) in [6.07, 6.45) is 3.69. The lowest BCUT2D eigenvalue weighted by molar-refractivity contribution is -0.115. The number of benzene rings is 2. The van der Waals surface area contributed by atoms with Crippen LogP contribution >= 0.6 is 11.8 Å². The fourth-order valence-corrected chi connectivity index (χ4v) is 4.27. The average Bonchev–Trinajstić information content (AvgIpc) is 2.71. The van der Waals surface area contributed by atoms with Crippen molar-refractivity contribution in [3.05, 3.63) is 59.2 Å². The molecule has 1 heterocycles. The number of likely N-dealkylation sites (tertiary alicyclic amines) is 1. The highest BCUT2D eigenvalue weighted by Crippen LogP contribution is 2.23. The third-order valence-corrected chi connectivity index (χ3v) is 6.15. The normalized spacial score (nSPS) is 14.0. The number of thioether (sulfide) groups is 1. The Morgan fingerprint density at radius 3 is 2.50 bits per heavy atom. The summed E-state index contributed by atoms with van der Waals surface area (Å²) in [5.41, 5.74) is 3.73. The standard InChI is InChI=1S/C23H28N2O2S/c1-17-10-11-19(16-18(17)2)28-15-12-22(26)24-21-9-5-4-8-20(21)23(27)25-13-6-3-7-14-25/h4-5,8-11,16H,3,6-7,12-15H2,1-2H3,(H,24,26). The SMILES string of the molecule is Cc1ccc(SCCC(=O)Nc2ccccc2C(=O)N2CCCCC2)cc1C. The zero-order valence-electron chi connectivity index (χ0n) is 16.7. The van der Waals surface area contributed by atoms with Crippen LogP contribution in [0.5, 0.6) is 0 Å². The number of piperidine rings is 1. The minimum atomic E-state index is -0.0600. The molecule has 5 heteroatoms. The number of nitrogens with one attached hydrogen (secondary N) is 1. The maximum atomic E-state index is 12.8. The van der Waals surface area contributed by atoms with Crippen LogP contribution in [0.25, 0.3) is 0 Å². The van der Waals surface area contributed by atoms with Crippen molar-refractivity contribution >= 4 is 29.3 Å². The van der Waals surface area contributed by atoms with E-state index < -0.39 is 0 Å². The Morgan fingerprint density at radius 2 is 1.75 bits per heavy atom. The van der Waals surface area contributed by atoms with E-state index in [1.807, 2.05) is 23.1 Å². The predicted octanol–water partition coefficient (Wildman–Crippen LogP) is 5.05. The van der Waals surface area contributed by atoms with Crippen LogP contribution in [0.15, 0.2) is 47.4 Å². The quantitative estimate of drug-likeness (QED) is 0.695. The number of nitrogens with zero attached hydrogens (tertiary/aromatic N) is 1. The van der Waals surface area contributed by atoms with Crippen molar-refractivity contribution in [3.63, 3.8) is 0 Å². The molecule has 0 aromatic heterocycles. The number of aryl methyl sites for hydroxylation is 2. The highest BCUT2D eigenvalue weighted by atomic mass is 32.2. The molecule has 1 saturated heterocycles. The monoisotopic (exact) mass is 396 g/mol. The van der Waals surface area contributed by atoms with Crippen molar-refractivity contribution in [1.82, 2.24) is 4.90 Å². The second-order valence-corrected chi connectivity index (χ2v) is 8.46. The van der Waals surface area contributed by atoms with Crippen molar-refractivity contribution in [3.8, 4) is 0 Å². The van der Waals surface area contributed by atoms with Crippen molar-refractivity contribution < 1.29 is 9.59 Å². The van der Waals surface area contributed by atoms with E-state index >= 15 is 0 Å². The second-order valence-electron chi connectivity index (χ2n) is 7.29. The Hall–Kier alpha value is -2.27. The molecule has 1 aliphatic heterocycles. The second kappa shape index (κ2) is 9.78. The van der Waals surface area contributed by atoms with Gasteiger partial charge in [-0.3, -0.25) is 9.59 Å². The summed E-state index contributed by atoms with van der Waals surface area (Å²) in [6, 6.07) is 13.7. The van der Waals surface area contributed by atoms with Gasteiger partial charge in [-0.2, -0.15) is 0 Å². The first-order valence-electron chi connectivity index (χ1n) is 9.93. The van der Waals surface area contributed by atoms with Gasteiger partial charge in [0.25, 0.3) is 5.91 Å². The van der Waals surface area contributed by atoms with Gasteiger partial charge in [-0.1, -0.05) is 18.2 Å². The molecular weight excluding hydrogens is 368 g/mol. The van der Waals surface area contributed by atoms with Crippen molar-refractivity contribution in [1.29, 1.82) is 0 Å². The van der Waals surface area contributed by atoms with Crippen LogP contribution in [-0.4, -0.2) is 35.6 Å². The number of carbonyl (C=O) groups excluding carboxylic acids is 2. The molecule has 4 nitrogen and oxygen atoms in total. The van der Waals surface area contributed by atoms with Gasteiger partial charge in [0.05, 0.1) is 11.3 Å². The van der Waals surface area contributed by atoms with Gasteiger partial charge in [-0.05, 0) is 68.5 Å². The molecule has 2 amide bonds. The van der Waals surface area contributed by atoms with E-state index in [1.54, 1.807) is 17.8 Å². The number of amides is 2. The Balaban J connectivity index is 1.56. The third kappa shape index (κ3) is 5.38. The van der Waals surface area contributed by atoms with Gasteiger partial charge in [0, 0.05) is 30.2 Å². The minimum absolute atomic E-state index is 0.0140. The van der Waals surface area contributed by atoms with Crippen molar-refractivity contribution in [2.24, 2.45) is 0 Å². The fourth-order valence-electron chi connectivity index (χ4n) is 3.32. The summed E-state index contributed by atoms with van der Waals surface area (Å²) in [4.78, 5) is 28.3. The lowest BCUT2D eigenvalue weighted by Gasteiger charge is -2.27. The molecule has 0 spiro atoms. The Kier molecular flexibility index (Phi) is 7.15. The molecule has 28 heavy (non-hydrogen) atoms. The smallest absolute Gasteiger partial charge is 0.255 e. The summed E-state index contributed by atoms with van der Waals surface area (Å²) >= 11 is 1.68. The summed E-state index contributed by atoms with van der Waals surface area (Å²) in [5.74, 6) is 0.659. The predicted molar refractivity (Wildman–Crippen MR) is 116 cm³/mol. The van der Waals surface area contributed by atoms with E-state index in [-0.39, 0.29) is 11.8 Å². The molecule has 1 N–H and O–H groups in total. The fraction of sp³-hybridized carbons (Fsp3) is 0.391. The average molecular weight is 397 g/mol. The first-order chi connectivity index (χ1) is 13.5. The van der Waals surface area contributed by atoms with Crippen molar-refractivity contribution in [2.45, 2.75) is 44.4 Å². The molecule has 1 aliphatic rings. The number of para-hydroxylation sites is 1. The number of carbonyl (C=O) groups is 2. The molecule has 0 bridgehead atoms. The third-order valence-electron chi connectivity index (χ3n) is 5.15. The lowest BCUT2D eigenvalue weighted by Crippen LogP contribution is -2.36. The zero-order valence-corrected chi connectivity index (χ0v) is 17.5. The van der Waals surface area contributed by atoms with Crippen LogP contribution in [0.1, 0.15) is 47.2 Å². The summed E-state index contributed by atoms with van der Waals surface area (Å²) in [5, 5.41) is 2.94. The topological polar surface area (TPSA) is 49.4 Å². The lowest BCUT2D eigenvalue weighted by atomic mass is 10.1. The first kappa shape index (κ1) is 20.5. The molecule has 0 atom stereocenters. The van der Waals surface area contributed by atoms with E-state index in [1.165, 1.54) is 22.4 Å². The molecule has 0 radical (unpaired) electrons. The largest absolute Gasteiger partial charge is 0.339 e. The van der Waals surface area contributed by atoms with Crippen LogP contribution in [0.3, 0.4) is 0 Å². The van der Waals surface area contributed by atoms with Crippen LogP contribution in [0.2, 0.25) is 0 Å². The van der Waals surface area contributed by atoms with Crippen LogP contribution in [0, 0.1) is 13.8 Å². The molecule has 3 rings (SSSR count). The van der Waals surface area contributed by atoms with E-state index in [0.717, 1.165) is 25.9 Å². The van der Waals surface area contributed by atoms with Gasteiger partial charge in [0.1, 0.15) is 0 Å². The molecular formula is C23H28N2O2S. The molecule has 0 saturated carbocycles. The van der Waals surface area contributed by atoms with E-state index in [4.69, 9.17) is 0 Å². The molecule has 0 unspecified atom stereocenters. The molecule has 0 aliphatic carbocycles. The number of rotatable bonds is 6. The number of anilines is 1. The number of hydrogen-bond donors (Lipinski definition) is 1. The van der Waals surface area contributed by atoms with Gasteiger partial charge in [0.2, 0.25) is 5.91 Å². The first-order valence-corrected chi connectivity index (χ1v) is 10.9. The van der Waals surface area contributed by atoms with Crippen LogP contribution in [-0.2, 0) is 4.79 Å². The molecule has 148 valence electrons. The Bertz CT molecular complexity index is 844. The zero-order chi connectivity index (χ0) is 19.9. The van der Waals surface area contributed by atoms with Crippen LogP contribution < -0.4 is 5.32 Å². The molecule has 1 fully saturated rings. The molecule has 2 aromatic rings. The van der Waals surface area contributed by atoms with E-state index in [2.05, 4.69) is 37.4 Å². The Labute approximate surface area is 171 Å². The highest BCUT2D eigenvalue weighted by molar-refractivity contribution is 7.99.